The van der Waals surface area contributed by atoms with Crippen LogP contribution in [0.5, 0.6) is 0 Å². The van der Waals surface area contributed by atoms with E-state index in [9.17, 15) is 30.8 Å². The molecule has 2 aliphatic rings. The Morgan fingerprint density at radius 3 is 2.36 bits per heavy atom. The van der Waals surface area contributed by atoms with Crippen LogP contribution in [-0.2, 0) is 20.9 Å². The molecule has 2 aromatic rings. The van der Waals surface area contributed by atoms with Crippen LogP contribution in [-0.4, -0.2) is 55.5 Å². The van der Waals surface area contributed by atoms with Crippen LogP contribution in [0.4, 0.5) is 17.6 Å². The van der Waals surface area contributed by atoms with Crippen LogP contribution in [0.3, 0.4) is 0 Å². The van der Waals surface area contributed by atoms with Gasteiger partial charge < -0.3 is 9.64 Å². The van der Waals surface area contributed by atoms with E-state index in [-0.39, 0.29) is 49.5 Å². The zero-order chi connectivity index (χ0) is 24.0. The molecule has 2 aliphatic heterocycles. The molecule has 0 unspecified atom stereocenters. The molecule has 178 valence electrons. The second kappa shape index (κ2) is 8.37. The van der Waals surface area contributed by atoms with Crippen LogP contribution in [0.25, 0.3) is 0 Å². The molecule has 2 aromatic carbocycles. The van der Waals surface area contributed by atoms with Crippen LogP contribution >= 0.6 is 0 Å². The minimum absolute atomic E-state index is 0.0273. The molecule has 11 heteroatoms. The Balaban J connectivity index is 1.55. The lowest BCUT2D eigenvalue weighted by molar-refractivity contribution is -0.138. The number of carbonyl (C=O) groups excluding carboxylic acids is 1. The highest BCUT2D eigenvalue weighted by Gasteiger charge is 2.51. The summed E-state index contributed by atoms with van der Waals surface area (Å²) < 4.78 is 87.2. The monoisotopic (exact) mass is 486 g/mol. The Kier molecular flexibility index (Phi) is 6.00. The highest BCUT2D eigenvalue weighted by molar-refractivity contribution is 7.89. The quantitative estimate of drug-likeness (QED) is 0.619. The minimum atomic E-state index is -4.67. The molecule has 0 bridgehead atoms. The predicted octanol–water partition coefficient (Wildman–Crippen LogP) is 3.81. The van der Waals surface area contributed by atoms with Crippen LogP contribution in [0.2, 0.25) is 0 Å². The third-order valence-electron chi connectivity index (χ3n) is 6.13. The van der Waals surface area contributed by atoms with E-state index in [0.29, 0.717) is 0 Å². The van der Waals surface area contributed by atoms with Crippen molar-refractivity contribution in [1.29, 1.82) is 0 Å². The Morgan fingerprint density at radius 1 is 1.06 bits per heavy atom. The van der Waals surface area contributed by atoms with Gasteiger partial charge in [0.05, 0.1) is 22.6 Å². The maximum absolute atomic E-state index is 13.6. The van der Waals surface area contributed by atoms with Gasteiger partial charge in [-0.2, -0.15) is 17.5 Å². The molecule has 0 N–H and O–H groups in total. The van der Waals surface area contributed by atoms with Gasteiger partial charge in [0.1, 0.15) is 11.5 Å². The Hall–Kier alpha value is -2.50. The Morgan fingerprint density at radius 2 is 1.73 bits per heavy atom. The first-order valence-electron chi connectivity index (χ1n) is 10.3. The first kappa shape index (κ1) is 23.7. The molecule has 0 saturated carbocycles. The third-order valence-corrected chi connectivity index (χ3v) is 8.08. The van der Waals surface area contributed by atoms with Gasteiger partial charge in [-0.3, -0.25) is 4.79 Å². The Bertz CT molecular complexity index is 1180. The van der Waals surface area contributed by atoms with Crippen molar-refractivity contribution in [1.82, 2.24) is 9.21 Å². The molecular weight excluding hydrogens is 464 g/mol. The SMILES string of the molecule is Cc1cc(S(=O)(=O)N2CCOC23CCN(C(=O)c2ccccc2C(F)(F)F)CC3)ccc1F. The number of hydrogen-bond acceptors (Lipinski definition) is 4. The summed E-state index contributed by atoms with van der Waals surface area (Å²) in [4.78, 5) is 14.1. The predicted molar refractivity (Wildman–Crippen MR) is 110 cm³/mol. The van der Waals surface area contributed by atoms with E-state index in [1.54, 1.807) is 0 Å². The zero-order valence-corrected chi connectivity index (χ0v) is 18.5. The summed E-state index contributed by atoms with van der Waals surface area (Å²) >= 11 is 0. The van der Waals surface area contributed by atoms with Crippen molar-refractivity contribution in [2.24, 2.45) is 0 Å². The summed E-state index contributed by atoms with van der Waals surface area (Å²) in [5.41, 5.74) is -2.47. The number of alkyl halides is 3. The molecule has 1 spiro atoms. The smallest absolute Gasteiger partial charge is 0.358 e. The molecule has 6 nitrogen and oxygen atoms in total. The van der Waals surface area contributed by atoms with Gasteiger partial charge in [-0.25, -0.2) is 12.8 Å². The van der Waals surface area contributed by atoms with Crippen LogP contribution in [0, 0.1) is 12.7 Å². The standard InChI is InChI=1S/C22H22F4N2O4S/c1-15-14-16(6-7-19(15)23)33(30,31)28-12-13-32-21(28)8-10-27(11-9-21)20(29)17-4-2-3-5-18(17)22(24,25)26/h2-7,14H,8-13H2,1H3. The minimum Gasteiger partial charge on any atom is -0.358 e. The van der Waals surface area contributed by atoms with E-state index in [0.717, 1.165) is 18.2 Å². The van der Waals surface area contributed by atoms with Gasteiger partial charge in [-0.05, 0) is 42.8 Å². The second-order valence-corrected chi connectivity index (χ2v) is 9.98. The molecule has 2 saturated heterocycles. The molecule has 1 amide bonds. The third kappa shape index (κ3) is 4.24. The van der Waals surface area contributed by atoms with Crippen molar-refractivity contribution in [3.8, 4) is 0 Å². The second-order valence-electron chi connectivity index (χ2n) is 8.12. The molecule has 2 heterocycles. The van der Waals surface area contributed by atoms with Gasteiger partial charge in [0.25, 0.3) is 5.91 Å². The van der Waals surface area contributed by atoms with E-state index in [1.807, 2.05) is 0 Å². The highest BCUT2D eigenvalue weighted by atomic mass is 32.2. The maximum Gasteiger partial charge on any atom is 0.417 e. The van der Waals surface area contributed by atoms with Crippen molar-refractivity contribution < 1.29 is 35.5 Å². The van der Waals surface area contributed by atoms with Gasteiger partial charge >= 0.3 is 6.18 Å². The number of hydrogen-bond donors (Lipinski definition) is 0. The molecular formula is C22H22F4N2O4S. The number of likely N-dealkylation sites (tertiary alicyclic amines) is 1. The molecule has 33 heavy (non-hydrogen) atoms. The molecule has 2 fully saturated rings. The van der Waals surface area contributed by atoms with E-state index < -0.39 is 44.8 Å². The summed E-state index contributed by atoms with van der Waals surface area (Å²) in [5.74, 6) is -1.29. The van der Waals surface area contributed by atoms with Crippen LogP contribution < -0.4 is 0 Å². The van der Waals surface area contributed by atoms with Crippen molar-refractivity contribution in [2.45, 2.75) is 36.6 Å². The summed E-state index contributed by atoms with van der Waals surface area (Å²) in [7, 11) is -4.01. The number of benzene rings is 2. The van der Waals surface area contributed by atoms with E-state index in [1.165, 1.54) is 40.4 Å². The van der Waals surface area contributed by atoms with E-state index in [4.69, 9.17) is 4.74 Å². The molecule has 0 radical (unpaired) electrons. The normalized spacial score (nSPS) is 19.2. The number of carbonyl (C=O) groups is 1. The maximum atomic E-state index is 13.6. The summed E-state index contributed by atoms with van der Waals surface area (Å²) in [6.07, 6.45) is -4.46. The number of piperidine rings is 1. The van der Waals surface area contributed by atoms with Gasteiger partial charge in [-0.1, -0.05) is 12.1 Å². The van der Waals surface area contributed by atoms with Crippen molar-refractivity contribution in [2.75, 3.05) is 26.2 Å². The van der Waals surface area contributed by atoms with Crippen molar-refractivity contribution >= 4 is 15.9 Å². The van der Waals surface area contributed by atoms with Gasteiger partial charge in [0.2, 0.25) is 10.0 Å². The summed E-state index contributed by atoms with van der Waals surface area (Å²) in [6, 6.07) is 8.11. The van der Waals surface area contributed by atoms with Gasteiger partial charge in [-0.15, -0.1) is 0 Å². The first-order chi connectivity index (χ1) is 15.5. The number of amides is 1. The topological polar surface area (TPSA) is 66.9 Å². The van der Waals surface area contributed by atoms with Gasteiger partial charge in [0, 0.05) is 32.5 Å². The first-order valence-corrected chi connectivity index (χ1v) is 11.8. The van der Waals surface area contributed by atoms with Crippen molar-refractivity contribution in [3.05, 3.63) is 65.0 Å². The van der Waals surface area contributed by atoms with Gasteiger partial charge in [0.15, 0.2) is 0 Å². The number of rotatable bonds is 3. The Labute approximate surface area is 188 Å². The highest BCUT2D eigenvalue weighted by Crippen LogP contribution is 2.39. The zero-order valence-electron chi connectivity index (χ0n) is 17.7. The largest absolute Gasteiger partial charge is 0.417 e. The fourth-order valence-corrected chi connectivity index (χ4v) is 6.19. The fraction of sp³-hybridized carbons (Fsp3) is 0.409. The van der Waals surface area contributed by atoms with E-state index in [2.05, 4.69) is 0 Å². The number of aryl methyl sites for hydroxylation is 1. The lowest BCUT2D eigenvalue weighted by Crippen LogP contribution is -2.55. The number of halogens is 4. The van der Waals surface area contributed by atoms with E-state index >= 15 is 0 Å². The fourth-order valence-electron chi connectivity index (χ4n) is 4.38. The molecule has 0 atom stereocenters. The average molecular weight is 486 g/mol. The summed E-state index contributed by atoms with van der Waals surface area (Å²) in [5, 5.41) is 0. The average Bonchev–Trinajstić information content (AvgIpc) is 3.19. The number of nitrogens with zero attached hydrogens (tertiary/aromatic N) is 2. The lowest BCUT2D eigenvalue weighted by atomic mass is 9.98. The number of ether oxygens (including phenoxy) is 1. The molecule has 0 aliphatic carbocycles. The van der Waals surface area contributed by atoms with Crippen molar-refractivity contribution in [3.63, 3.8) is 0 Å². The lowest BCUT2D eigenvalue weighted by Gasteiger charge is -2.43. The van der Waals surface area contributed by atoms with Crippen LogP contribution in [0.15, 0.2) is 47.4 Å². The number of sulfonamides is 1. The van der Waals surface area contributed by atoms with Crippen LogP contribution in [0.1, 0.15) is 34.3 Å². The molecule has 0 aromatic heterocycles. The summed E-state index contributed by atoms with van der Waals surface area (Å²) in [6.45, 7) is 1.75. The molecule has 4 rings (SSSR count).